The van der Waals surface area contributed by atoms with Crippen molar-refractivity contribution in [3.05, 3.63) is 82.0 Å². The number of thioether (sulfide) groups is 1. The van der Waals surface area contributed by atoms with Crippen molar-refractivity contribution >= 4 is 57.7 Å². The number of para-hydroxylation sites is 1. The van der Waals surface area contributed by atoms with Crippen molar-refractivity contribution in [2.24, 2.45) is 0 Å². The van der Waals surface area contributed by atoms with E-state index in [0.29, 0.717) is 35.7 Å². The number of carbonyl (C=O) groups excluding carboxylic acids is 2. The Bertz CT molecular complexity index is 1960. The molecule has 12 heteroatoms. The maximum atomic E-state index is 15.6. The molecule has 0 radical (unpaired) electrons. The highest BCUT2D eigenvalue weighted by molar-refractivity contribution is 7.99. The van der Waals surface area contributed by atoms with E-state index in [-0.39, 0.29) is 63.9 Å². The number of nitrogens with zero attached hydrogens (tertiary/aromatic N) is 5. The van der Waals surface area contributed by atoms with E-state index in [1.165, 1.54) is 34.5 Å². The van der Waals surface area contributed by atoms with Crippen LogP contribution in [0.25, 0.3) is 28.0 Å². The molecule has 46 heavy (non-hydrogen) atoms. The predicted octanol–water partition coefficient (Wildman–Crippen LogP) is 6.41. The summed E-state index contributed by atoms with van der Waals surface area (Å²) in [6, 6.07) is 11.4. The Morgan fingerprint density at radius 3 is 2.63 bits per heavy atom. The van der Waals surface area contributed by atoms with Gasteiger partial charge in [0, 0.05) is 42.2 Å². The molecular formula is C34H34ClFN6O3S. The second kappa shape index (κ2) is 12.5. The van der Waals surface area contributed by atoms with Gasteiger partial charge in [-0.05, 0) is 55.7 Å². The zero-order valence-corrected chi connectivity index (χ0v) is 27.6. The van der Waals surface area contributed by atoms with E-state index in [1.807, 2.05) is 50.8 Å². The average Bonchev–Trinajstić information content (AvgIpc) is 3.02. The highest BCUT2D eigenvalue weighted by Gasteiger charge is 2.35. The van der Waals surface area contributed by atoms with Crippen LogP contribution in [0.1, 0.15) is 45.6 Å². The summed E-state index contributed by atoms with van der Waals surface area (Å²) in [5, 5.41) is 3.47. The molecule has 4 heterocycles. The SMILES string of the molecule is C=CC(=O)N1CCN(c2nc(=O)n3c4nc(c(Cl)cc24)-c2c(F)cccc2NC(=O)CCSc2cccc(C(C)C)c2-3)[C@@H](C)[C@H]1C. The predicted molar refractivity (Wildman–Crippen MR) is 182 cm³/mol. The normalized spacial score (nSPS) is 18.4. The van der Waals surface area contributed by atoms with E-state index in [1.54, 1.807) is 17.0 Å². The van der Waals surface area contributed by atoms with Gasteiger partial charge in [0.15, 0.2) is 5.65 Å². The van der Waals surface area contributed by atoms with Crippen molar-refractivity contribution in [2.45, 2.75) is 57.0 Å². The molecule has 2 atom stereocenters. The van der Waals surface area contributed by atoms with Crippen LogP contribution in [0.3, 0.4) is 0 Å². The molecule has 2 aliphatic rings. The van der Waals surface area contributed by atoms with E-state index >= 15 is 4.39 Å². The molecule has 4 aromatic rings. The number of rotatable bonds is 3. The Balaban J connectivity index is 1.70. The number of amides is 2. The minimum atomic E-state index is -0.618. The highest BCUT2D eigenvalue weighted by atomic mass is 35.5. The summed E-state index contributed by atoms with van der Waals surface area (Å²) < 4.78 is 17.1. The largest absolute Gasteiger partial charge is 0.355 e. The molecule has 0 saturated carbocycles. The number of benzene rings is 2. The maximum Gasteiger partial charge on any atom is 0.355 e. The van der Waals surface area contributed by atoms with Gasteiger partial charge in [0.2, 0.25) is 11.8 Å². The Morgan fingerprint density at radius 1 is 1.13 bits per heavy atom. The Morgan fingerprint density at radius 2 is 1.89 bits per heavy atom. The summed E-state index contributed by atoms with van der Waals surface area (Å²) >= 11 is 8.39. The van der Waals surface area contributed by atoms with Crippen LogP contribution in [-0.2, 0) is 9.59 Å². The summed E-state index contributed by atoms with van der Waals surface area (Å²) in [5.74, 6) is -0.242. The molecule has 2 aromatic heterocycles. The molecule has 0 unspecified atom stereocenters. The third kappa shape index (κ3) is 5.45. The minimum Gasteiger partial charge on any atom is -0.349 e. The minimum absolute atomic E-state index is 0.0254. The Labute approximate surface area is 275 Å². The second-order valence-electron chi connectivity index (χ2n) is 11.8. The van der Waals surface area contributed by atoms with Gasteiger partial charge in [0.05, 0.1) is 33.0 Å². The summed E-state index contributed by atoms with van der Waals surface area (Å²) in [6.07, 6.45) is 1.46. The van der Waals surface area contributed by atoms with E-state index in [0.717, 1.165) is 10.5 Å². The van der Waals surface area contributed by atoms with Gasteiger partial charge < -0.3 is 15.1 Å². The molecule has 0 aliphatic carbocycles. The summed E-state index contributed by atoms with van der Waals surface area (Å²) in [4.78, 5) is 54.1. The number of pyridine rings is 1. The topological polar surface area (TPSA) is 100 Å². The van der Waals surface area contributed by atoms with Crippen molar-refractivity contribution in [1.29, 1.82) is 0 Å². The molecular weight excluding hydrogens is 627 g/mol. The van der Waals surface area contributed by atoms with Gasteiger partial charge in [-0.15, -0.1) is 11.8 Å². The van der Waals surface area contributed by atoms with Gasteiger partial charge in [-0.1, -0.05) is 50.2 Å². The average molecular weight is 661 g/mol. The Hall–Kier alpha value is -4.22. The summed E-state index contributed by atoms with van der Waals surface area (Å²) in [7, 11) is 0. The lowest BCUT2D eigenvalue weighted by Gasteiger charge is -2.45. The molecule has 1 saturated heterocycles. The van der Waals surface area contributed by atoms with E-state index in [2.05, 4.69) is 16.9 Å². The van der Waals surface area contributed by atoms with Crippen LogP contribution in [-0.4, -0.2) is 62.2 Å². The standard InChI is InChI=1S/C34H34ClFN6O3S/c1-6-28(44)40-14-15-41(20(5)19(40)4)32-22-17-23(35)30-29-24(36)10-8-11-25(29)37-27(43)13-16-46-26-12-7-9-21(18(2)3)31(26)42(33(22)38-30)34(45)39-32/h6-12,17-20H,1,13-16H2,2-5H3,(H,37,43)/t19-,20+/m1/s1. The van der Waals surface area contributed by atoms with E-state index in [9.17, 15) is 14.4 Å². The molecule has 238 valence electrons. The molecule has 2 bridgehead atoms. The third-order valence-corrected chi connectivity index (χ3v) is 10.1. The third-order valence-electron chi connectivity index (χ3n) is 8.78. The number of halogens is 2. The monoisotopic (exact) mass is 660 g/mol. The number of nitrogens with one attached hydrogen (secondary N) is 1. The Kier molecular flexibility index (Phi) is 8.64. The molecule has 1 fully saturated rings. The van der Waals surface area contributed by atoms with Crippen LogP contribution in [0.15, 0.2) is 64.8 Å². The summed E-state index contributed by atoms with van der Waals surface area (Å²) in [5.41, 5.74) is 1.57. The highest BCUT2D eigenvalue weighted by Crippen LogP contribution is 2.41. The van der Waals surface area contributed by atoms with Gasteiger partial charge >= 0.3 is 5.69 Å². The van der Waals surface area contributed by atoms with Gasteiger partial charge in [0.25, 0.3) is 0 Å². The maximum absolute atomic E-state index is 15.6. The first-order chi connectivity index (χ1) is 22.0. The fourth-order valence-electron chi connectivity index (χ4n) is 6.27. The van der Waals surface area contributed by atoms with Crippen LogP contribution >= 0.6 is 23.4 Å². The van der Waals surface area contributed by atoms with Crippen molar-refractivity contribution < 1.29 is 14.0 Å². The van der Waals surface area contributed by atoms with Crippen LogP contribution in [0.2, 0.25) is 5.02 Å². The lowest BCUT2D eigenvalue weighted by atomic mass is 10.0. The van der Waals surface area contributed by atoms with Crippen LogP contribution in [0, 0.1) is 5.82 Å². The quantitative estimate of drug-likeness (QED) is 0.254. The van der Waals surface area contributed by atoms with Crippen molar-refractivity contribution in [3.63, 3.8) is 0 Å². The molecule has 9 nitrogen and oxygen atoms in total. The molecule has 2 aliphatic heterocycles. The number of aromatic nitrogens is 3. The van der Waals surface area contributed by atoms with Crippen molar-refractivity contribution in [3.8, 4) is 16.9 Å². The molecule has 6 rings (SSSR count). The number of hydrogen-bond donors (Lipinski definition) is 1. The smallest absolute Gasteiger partial charge is 0.349 e. The molecule has 2 amide bonds. The van der Waals surface area contributed by atoms with Gasteiger partial charge in [-0.3, -0.25) is 9.59 Å². The molecule has 0 spiro atoms. The zero-order chi connectivity index (χ0) is 32.9. The second-order valence-corrected chi connectivity index (χ2v) is 13.4. The number of piperazine rings is 1. The van der Waals surface area contributed by atoms with Crippen LogP contribution in [0.5, 0.6) is 0 Å². The number of anilines is 2. The molecule has 1 N–H and O–H groups in total. The van der Waals surface area contributed by atoms with Gasteiger partial charge in [0.1, 0.15) is 11.6 Å². The first-order valence-electron chi connectivity index (χ1n) is 15.2. The zero-order valence-electron chi connectivity index (χ0n) is 26.0. The van der Waals surface area contributed by atoms with E-state index in [4.69, 9.17) is 16.6 Å². The summed E-state index contributed by atoms with van der Waals surface area (Å²) in [6.45, 7) is 12.4. The first kappa shape index (κ1) is 31.7. The lowest BCUT2D eigenvalue weighted by molar-refractivity contribution is -0.129. The van der Waals surface area contributed by atoms with Crippen LogP contribution in [0.4, 0.5) is 15.9 Å². The number of fused-ring (bicyclic) bond motifs is 5. The number of hydrogen-bond acceptors (Lipinski definition) is 7. The van der Waals surface area contributed by atoms with E-state index < -0.39 is 11.5 Å². The van der Waals surface area contributed by atoms with Crippen molar-refractivity contribution in [2.75, 3.05) is 29.1 Å². The van der Waals surface area contributed by atoms with Crippen LogP contribution < -0.4 is 15.9 Å². The molecule has 2 aromatic carbocycles. The lowest BCUT2D eigenvalue weighted by Crippen LogP contribution is -2.59. The van der Waals surface area contributed by atoms with Gasteiger partial charge in [-0.2, -0.15) is 4.98 Å². The fourth-order valence-corrected chi connectivity index (χ4v) is 7.54. The van der Waals surface area contributed by atoms with Gasteiger partial charge in [-0.25, -0.2) is 18.7 Å². The van der Waals surface area contributed by atoms with Crippen molar-refractivity contribution in [1.82, 2.24) is 19.4 Å². The first-order valence-corrected chi connectivity index (χ1v) is 16.6. The number of carbonyl (C=O) groups is 2. The fraction of sp³-hybridized carbons (Fsp3) is 0.324.